The summed E-state index contributed by atoms with van der Waals surface area (Å²) in [5, 5.41) is 13.2. The molecule has 0 aliphatic heterocycles. The topological polar surface area (TPSA) is 32.3 Å². The van der Waals surface area contributed by atoms with Crippen LogP contribution in [-0.2, 0) is 0 Å². The van der Waals surface area contributed by atoms with Crippen molar-refractivity contribution >= 4 is 0 Å². The number of benzene rings is 1. The molecule has 0 saturated heterocycles. The first-order valence-electron chi connectivity index (χ1n) is 6.45. The standard InChI is InChI=1S/C15H24FNO/c1-11(12-5-7-13(16)8-6-12)17-10-14(18)9-15(2,3)4/h5-8,11,14,17-18H,9-10H2,1-4H3. The Bertz CT molecular complexity index is 356. The van der Waals surface area contributed by atoms with E-state index in [2.05, 4.69) is 26.1 Å². The van der Waals surface area contributed by atoms with Crippen molar-refractivity contribution in [2.75, 3.05) is 6.54 Å². The minimum atomic E-state index is -0.354. The number of nitrogens with one attached hydrogen (secondary N) is 1. The van der Waals surface area contributed by atoms with Gasteiger partial charge in [0.2, 0.25) is 0 Å². The lowest BCUT2D eigenvalue weighted by Crippen LogP contribution is -2.31. The third kappa shape index (κ3) is 5.61. The fourth-order valence-corrected chi connectivity index (χ4v) is 1.96. The van der Waals surface area contributed by atoms with Crippen molar-refractivity contribution in [3.63, 3.8) is 0 Å². The Morgan fingerprint density at radius 2 is 1.78 bits per heavy atom. The second-order valence-electron chi connectivity index (χ2n) is 6.10. The molecule has 0 spiro atoms. The van der Waals surface area contributed by atoms with Gasteiger partial charge >= 0.3 is 0 Å². The molecule has 0 aliphatic carbocycles. The average molecular weight is 253 g/mol. The van der Waals surface area contributed by atoms with Crippen LogP contribution < -0.4 is 5.32 Å². The molecule has 0 aliphatic rings. The van der Waals surface area contributed by atoms with E-state index in [1.807, 2.05) is 6.92 Å². The third-order valence-electron chi connectivity index (χ3n) is 2.88. The van der Waals surface area contributed by atoms with E-state index >= 15 is 0 Å². The maximum atomic E-state index is 12.8. The lowest BCUT2D eigenvalue weighted by atomic mass is 9.89. The van der Waals surface area contributed by atoms with Crippen molar-refractivity contribution < 1.29 is 9.50 Å². The summed E-state index contributed by atoms with van der Waals surface area (Å²) < 4.78 is 12.8. The van der Waals surface area contributed by atoms with Gasteiger partial charge in [-0.25, -0.2) is 4.39 Å². The molecule has 0 radical (unpaired) electrons. The molecule has 1 rings (SSSR count). The highest BCUT2D eigenvalue weighted by Gasteiger charge is 2.17. The van der Waals surface area contributed by atoms with Gasteiger partial charge in [-0.2, -0.15) is 0 Å². The lowest BCUT2D eigenvalue weighted by molar-refractivity contribution is 0.117. The van der Waals surface area contributed by atoms with Crippen LogP contribution in [0.25, 0.3) is 0 Å². The zero-order chi connectivity index (χ0) is 13.8. The van der Waals surface area contributed by atoms with E-state index in [-0.39, 0.29) is 23.4 Å². The third-order valence-corrected chi connectivity index (χ3v) is 2.88. The Kier molecular flexibility index (Phi) is 5.29. The van der Waals surface area contributed by atoms with Gasteiger partial charge < -0.3 is 10.4 Å². The van der Waals surface area contributed by atoms with E-state index in [1.165, 1.54) is 12.1 Å². The van der Waals surface area contributed by atoms with Crippen LogP contribution in [0.2, 0.25) is 0 Å². The first-order valence-corrected chi connectivity index (χ1v) is 6.45. The Morgan fingerprint density at radius 3 is 2.28 bits per heavy atom. The monoisotopic (exact) mass is 253 g/mol. The molecule has 1 aromatic carbocycles. The smallest absolute Gasteiger partial charge is 0.123 e. The van der Waals surface area contributed by atoms with Gasteiger partial charge in [0.25, 0.3) is 0 Å². The zero-order valence-corrected chi connectivity index (χ0v) is 11.7. The first-order chi connectivity index (χ1) is 8.28. The van der Waals surface area contributed by atoms with Crippen LogP contribution in [0.4, 0.5) is 4.39 Å². The summed E-state index contributed by atoms with van der Waals surface area (Å²) in [5.41, 5.74) is 1.15. The Balaban J connectivity index is 2.41. The van der Waals surface area contributed by atoms with Gasteiger partial charge in [0, 0.05) is 12.6 Å². The summed E-state index contributed by atoms with van der Waals surface area (Å²) in [7, 11) is 0. The van der Waals surface area contributed by atoms with Gasteiger partial charge in [-0.15, -0.1) is 0 Å². The van der Waals surface area contributed by atoms with E-state index in [4.69, 9.17) is 0 Å². The fourth-order valence-electron chi connectivity index (χ4n) is 1.96. The second-order valence-corrected chi connectivity index (χ2v) is 6.10. The number of rotatable bonds is 5. The van der Waals surface area contributed by atoms with Crippen LogP contribution in [0.15, 0.2) is 24.3 Å². The van der Waals surface area contributed by atoms with Crippen LogP contribution >= 0.6 is 0 Å². The number of aliphatic hydroxyl groups is 1. The Labute approximate surface area is 109 Å². The molecule has 0 aromatic heterocycles. The molecule has 1 aromatic rings. The molecule has 3 heteroatoms. The summed E-state index contributed by atoms with van der Waals surface area (Å²) in [5.74, 6) is -0.223. The zero-order valence-electron chi connectivity index (χ0n) is 11.7. The van der Waals surface area contributed by atoms with Crippen LogP contribution in [0.5, 0.6) is 0 Å². The van der Waals surface area contributed by atoms with Crippen molar-refractivity contribution in [1.82, 2.24) is 5.32 Å². The van der Waals surface area contributed by atoms with Crippen LogP contribution in [0.3, 0.4) is 0 Å². The summed E-state index contributed by atoms with van der Waals surface area (Å²) >= 11 is 0. The molecule has 2 unspecified atom stereocenters. The molecule has 2 atom stereocenters. The maximum Gasteiger partial charge on any atom is 0.123 e. The Morgan fingerprint density at radius 1 is 1.22 bits per heavy atom. The molecule has 0 fully saturated rings. The summed E-state index contributed by atoms with van der Waals surface area (Å²) in [6.45, 7) is 8.89. The number of hydrogen-bond donors (Lipinski definition) is 2. The normalized spacial score (nSPS) is 15.4. The predicted octanol–water partition coefficient (Wildman–Crippen LogP) is 3.27. The highest BCUT2D eigenvalue weighted by Crippen LogP contribution is 2.21. The Hall–Kier alpha value is -0.930. The van der Waals surface area contributed by atoms with Crippen LogP contribution in [0.1, 0.15) is 45.7 Å². The van der Waals surface area contributed by atoms with Crippen LogP contribution in [-0.4, -0.2) is 17.8 Å². The molecular weight excluding hydrogens is 229 g/mol. The summed E-state index contributed by atoms with van der Waals surface area (Å²) in [6, 6.07) is 6.56. The van der Waals surface area contributed by atoms with Crippen LogP contribution in [0, 0.1) is 11.2 Å². The van der Waals surface area contributed by atoms with Crippen molar-refractivity contribution in [3.05, 3.63) is 35.6 Å². The molecule has 102 valence electrons. The number of hydrogen-bond acceptors (Lipinski definition) is 2. The summed E-state index contributed by atoms with van der Waals surface area (Å²) in [4.78, 5) is 0. The largest absolute Gasteiger partial charge is 0.392 e. The molecule has 2 nitrogen and oxygen atoms in total. The highest BCUT2D eigenvalue weighted by atomic mass is 19.1. The van der Waals surface area contributed by atoms with E-state index in [1.54, 1.807) is 12.1 Å². The van der Waals surface area contributed by atoms with E-state index in [9.17, 15) is 9.50 Å². The second kappa shape index (κ2) is 6.30. The van der Waals surface area contributed by atoms with Crippen molar-refractivity contribution in [2.45, 2.75) is 46.3 Å². The molecule has 0 heterocycles. The van der Waals surface area contributed by atoms with E-state index in [0.717, 1.165) is 12.0 Å². The van der Waals surface area contributed by atoms with Gasteiger partial charge in [-0.1, -0.05) is 32.9 Å². The van der Waals surface area contributed by atoms with Gasteiger partial charge in [-0.05, 0) is 36.5 Å². The predicted molar refractivity (Wildman–Crippen MR) is 72.9 cm³/mol. The molecule has 0 bridgehead atoms. The van der Waals surface area contributed by atoms with Gasteiger partial charge in [-0.3, -0.25) is 0 Å². The average Bonchev–Trinajstić information content (AvgIpc) is 2.24. The van der Waals surface area contributed by atoms with Crippen molar-refractivity contribution in [3.8, 4) is 0 Å². The van der Waals surface area contributed by atoms with E-state index in [0.29, 0.717) is 6.54 Å². The van der Waals surface area contributed by atoms with Gasteiger partial charge in [0.15, 0.2) is 0 Å². The molecule has 0 amide bonds. The molecule has 2 N–H and O–H groups in total. The number of halogens is 1. The lowest BCUT2D eigenvalue weighted by Gasteiger charge is -2.24. The van der Waals surface area contributed by atoms with E-state index < -0.39 is 0 Å². The first kappa shape index (κ1) is 15.1. The summed E-state index contributed by atoms with van der Waals surface area (Å²) in [6.07, 6.45) is 0.406. The molecular formula is C15H24FNO. The minimum absolute atomic E-state index is 0.111. The number of aliphatic hydroxyl groups excluding tert-OH is 1. The highest BCUT2D eigenvalue weighted by molar-refractivity contribution is 5.19. The minimum Gasteiger partial charge on any atom is -0.392 e. The van der Waals surface area contributed by atoms with Crippen molar-refractivity contribution in [1.29, 1.82) is 0 Å². The van der Waals surface area contributed by atoms with Crippen molar-refractivity contribution in [2.24, 2.45) is 5.41 Å². The molecule has 18 heavy (non-hydrogen) atoms. The fraction of sp³-hybridized carbons (Fsp3) is 0.600. The maximum absolute atomic E-state index is 12.8. The molecule has 0 saturated carbocycles. The quantitative estimate of drug-likeness (QED) is 0.844. The van der Waals surface area contributed by atoms with Gasteiger partial charge in [0.05, 0.1) is 6.10 Å². The SMILES string of the molecule is CC(NCC(O)CC(C)(C)C)c1ccc(F)cc1. The van der Waals surface area contributed by atoms with Gasteiger partial charge in [0.1, 0.15) is 5.82 Å².